The minimum absolute atomic E-state index is 0.0256. The molecular formula is C20H16FNO4. The molecule has 0 radical (unpaired) electrons. The van der Waals surface area contributed by atoms with Crippen LogP contribution in [0, 0.1) is 23.1 Å². The van der Waals surface area contributed by atoms with Crippen molar-refractivity contribution < 1.29 is 23.8 Å². The molecule has 5 nitrogen and oxygen atoms in total. The van der Waals surface area contributed by atoms with E-state index < -0.39 is 18.1 Å². The second-order valence-corrected chi connectivity index (χ2v) is 5.91. The molecule has 1 saturated heterocycles. The fourth-order valence-electron chi connectivity index (χ4n) is 2.75. The number of hydrogen-bond donors (Lipinski definition) is 1. The number of aromatic carboxylic acids is 1. The van der Waals surface area contributed by atoms with Crippen LogP contribution in [0.2, 0.25) is 0 Å². The monoisotopic (exact) mass is 353 g/mol. The first kappa shape index (κ1) is 17.8. The van der Waals surface area contributed by atoms with Gasteiger partial charge in [0.1, 0.15) is 11.9 Å². The SMILES string of the molecule is C=C[C@H]1CO[C@H](c2ccc(C(=O)O)c(-c3ccc(C#N)c(F)c3)c2)OC1. The molecule has 0 bridgehead atoms. The van der Waals surface area contributed by atoms with Gasteiger partial charge in [0.25, 0.3) is 0 Å². The third-order valence-electron chi connectivity index (χ3n) is 4.20. The summed E-state index contributed by atoms with van der Waals surface area (Å²) in [4.78, 5) is 11.6. The van der Waals surface area contributed by atoms with Crippen LogP contribution >= 0.6 is 0 Å². The Morgan fingerprint density at radius 1 is 1.27 bits per heavy atom. The highest BCUT2D eigenvalue weighted by molar-refractivity contribution is 5.96. The predicted molar refractivity (Wildman–Crippen MR) is 91.8 cm³/mol. The molecule has 2 aromatic rings. The number of carboxylic acids is 1. The van der Waals surface area contributed by atoms with Crippen molar-refractivity contribution in [1.82, 2.24) is 0 Å². The Labute approximate surface area is 149 Å². The largest absolute Gasteiger partial charge is 0.478 e. The number of benzene rings is 2. The second-order valence-electron chi connectivity index (χ2n) is 5.91. The quantitative estimate of drug-likeness (QED) is 0.843. The van der Waals surface area contributed by atoms with Crippen molar-refractivity contribution in [2.75, 3.05) is 13.2 Å². The fraction of sp³-hybridized carbons (Fsp3) is 0.200. The maximum atomic E-state index is 14.0. The first-order chi connectivity index (χ1) is 12.5. The van der Waals surface area contributed by atoms with E-state index in [1.165, 1.54) is 18.2 Å². The molecule has 0 aromatic heterocycles. The molecule has 0 spiro atoms. The summed E-state index contributed by atoms with van der Waals surface area (Å²) in [6, 6.07) is 10.4. The van der Waals surface area contributed by atoms with Crippen LogP contribution < -0.4 is 0 Å². The Hall–Kier alpha value is -3.01. The van der Waals surface area contributed by atoms with Crippen LogP contribution in [0.25, 0.3) is 11.1 Å². The van der Waals surface area contributed by atoms with Gasteiger partial charge in [-0.05, 0) is 35.4 Å². The van der Waals surface area contributed by atoms with Crippen LogP contribution in [-0.2, 0) is 9.47 Å². The molecule has 0 unspecified atom stereocenters. The van der Waals surface area contributed by atoms with Gasteiger partial charge in [-0.3, -0.25) is 0 Å². The number of rotatable bonds is 4. The highest BCUT2D eigenvalue weighted by Gasteiger charge is 2.24. The number of nitrogens with zero attached hydrogens (tertiary/aromatic N) is 1. The van der Waals surface area contributed by atoms with Crippen molar-refractivity contribution in [3.63, 3.8) is 0 Å². The molecule has 6 heteroatoms. The third kappa shape index (κ3) is 3.49. The van der Waals surface area contributed by atoms with Crippen LogP contribution in [0.5, 0.6) is 0 Å². The van der Waals surface area contributed by atoms with Crippen LogP contribution in [0.3, 0.4) is 0 Å². The van der Waals surface area contributed by atoms with Crippen LogP contribution in [0.4, 0.5) is 4.39 Å². The molecule has 26 heavy (non-hydrogen) atoms. The second kappa shape index (κ2) is 7.48. The average Bonchev–Trinajstić information content (AvgIpc) is 2.67. The normalized spacial score (nSPS) is 19.5. The maximum absolute atomic E-state index is 14.0. The van der Waals surface area contributed by atoms with Crippen molar-refractivity contribution in [2.45, 2.75) is 6.29 Å². The molecule has 1 fully saturated rings. The maximum Gasteiger partial charge on any atom is 0.336 e. The van der Waals surface area contributed by atoms with Gasteiger partial charge in [0, 0.05) is 11.5 Å². The van der Waals surface area contributed by atoms with Gasteiger partial charge >= 0.3 is 5.97 Å². The van der Waals surface area contributed by atoms with E-state index in [-0.39, 0.29) is 17.0 Å². The lowest BCUT2D eigenvalue weighted by molar-refractivity contribution is -0.197. The molecule has 2 aromatic carbocycles. The zero-order valence-electron chi connectivity index (χ0n) is 13.8. The molecule has 3 rings (SSSR count). The van der Waals surface area contributed by atoms with E-state index in [9.17, 15) is 14.3 Å². The molecular weight excluding hydrogens is 337 g/mol. The van der Waals surface area contributed by atoms with Crippen LogP contribution in [0.15, 0.2) is 49.1 Å². The van der Waals surface area contributed by atoms with Gasteiger partial charge in [-0.15, -0.1) is 6.58 Å². The van der Waals surface area contributed by atoms with Gasteiger partial charge in [0.2, 0.25) is 0 Å². The summed E-state index contributed by atoms with van der Waals surface area (Å²) in [5.41, 5.74) is 1.25. The first-order valence-electron chi connectivity index (χ1n) is 7.96. The van der Waals surface area contributed by atoms with E-state index in [4.69, 9.17) is 14.7 Å². The smallest absolute Gasteiger partial charge is 0.336 e. The Bertz CT molecular complexity index is 895. The Kier molecular flexibility index (Phi) is 5.12. The summed E-state index contributed by atoms with van der Waals surface area (Å²) >= 11 is 0. The third-order valence-corrected chi connectivity index (χ3v) is 4.20. The van der Waals surface area contributed by atoms with E-state index in [1.54, 1.807) is 24.3 Å². The predicted octanol–water partition coefficient (Wildman–Crippen LogP) is 3.91. The Morgan fingerprint density at radius 2 is 2.00 bits per heavy atom. The number of hydrogen-bond acceptors (Lipinski definition) is 4. The van der Waals surface area contributed by atoms with Gasteiger partial charge in [0.05, 0.1) is 24.3 Å². The molecule has 0 saturated carbocycles. The molecule has 0 amide bonds. The lowest BCUT2D eigenvalue weighted by Gasteiger charge is -2.28. The summed E-state index contributed by atoms with van der Waals surface area (Å²) in [6.45, 7) is 4.61. The Balaban J connectivity index is 2.00. The Morgan fingerprint density at radius 3 is 2.58 bits per heavy atom. The van der Waals surface area contributed by atoms with Crippen molar-refractivity contribution >= 4 is 5.97 Å². The van der Waals surface area contributed by atoms with E-state index >= 15 is 0 Å². The minimum atomic E-state index is -1.13. The van der Waals surface area contributed by atoms with Crippen molar-refractivity contribution in [3.8, 4) is 17.2 Å². The average molecular weight is 353 g/mol. The number of carboxylic acid groups (broad SMARTS) is 1. The summed E-state index contributed by atoms with van der Waals surface area (Å²) in [5.74, 6) is -1.73. The van der Waals surface area contributed by atoms with Gasteiger partial charge in [-0.2, -0.15) is 5.26 Å². The summed E-state index contributed by atoms with van der Waals surface area (Å²) in [5, 5.41) is 18.3. The molecule has 1 aliphatic heterocycles. The zero-order chi connectivity index (χ0) is 18.7. The highest BCUT2D eigenvalue weighted by atomic mass is 19.1. The molecule has 0 aliphatic carbocycles. The number of halogens is 1. The molecule has 132 valence electrons. The number of ether oxygens (including phenoxy) is 2. The van der Waals surface area contributed by atoms with E-state index in [0.29, 0.717) is 29.9 Å². The number of carbonyl (C=O) groups is 1. The van der Waals surface area contributed by atoms with Crippen LogP contribution in [-0.4, -0.2) is 24.3 Å². The highest BCUT2D eigenvalue weighted by Crippen LogP contribution is 2.32. The first-order valence-corrected chi connectivity index (χ1v) is 7.96. The standard InChI is InChI=1S/C20H16FNO4/c1-2-12-10-25-20(26-11-12)14-5-6-16(19(23)24)17(7-14)13-3-4-15(9-22)18(21)8-13/h2-8,12,20H,1,10-11H2,(H,23,24)/t12-,20-. The molecule has 1 aliphatic rings. The summed E-state index contributed by atoms with van der Waals surface area (Å²) in [7, 11) is 0. The molecule has 1 N–H and O–H groups in total. The topological polar surface area (TPSA) is 79.5 Å². The lowest BCUT2D eigenvalue weighted by atomic mass is 9.96. The van der Waals surface area contributed by atoms with E-state index in [0.717, 1.165) is 6.07 Å². The van der Waals surface area contributed by atoms with Crippen LogP contribution in [0.1, 0.15) is 27.8 Å². The van der Waals surface area contributed by atoms with Gasteiger partial charge in [-0.1, -0.05) is 18.2 Å². The van der Waals surface area contributed by atoms with Crippen molar-refractivity contribution in [1.29, 1.82) is 5.26 Å². The van der Waals surface area contributed by atoms with E-state index in [1.807, 2.05) is 0 Å². The lowest BCUT2D eigenvalue weighted by Crippen LogP contribution is -2.25. The van der Waals surface area contributed by atoms with Gasteiger partial charge in [0.15, 0.2) is 6.29 Å². The summed E-state index contributed by atoms with van der Waals surface area (Å²) in [6.07, 6.45) is 1.13. The minimum Gasteiger partial charge on any atom is -0.478 e. The van der Waals surface area contributed by atoms with Crippen molar-refractivity contribution in [3.05, 3.63) is 71.6 Å². The fourth-order valence-corrected chi connectivity index (χ4v) is 2.75. The summed E-state index contributed by atoms with van der Waals surface area (Å²) < 4.78 is 25.3. The van der Waals surface area contributed by atoms with Gasteiger partial charge < -0.3 is 14.6 Å². The number of nitriles is 1. The van der Waals surface area contributed by atoms with Crippen molar-refractivity contribution in [2.24, 2.45) is 5.92 Å². The molecule has 1 heterocycles. The molecule has 0 atom stereocenters. The van der Waals surface area contributed by atoms with E-state index in [2.05, 4.69) is 6.58 Å². The van der Waals surface area contributed by atoms with Gasteiger partial charge in [-0.25, -0.2) is 9.18 Å². The zero-order valence-corrected chi connectivity index (χ0v) is 13.8.